The van der Waals surface area contributed by atoms with Crippen LogP contribution >= 0.6 is 0 Å². The molecule has 0 atom stereocenters. The Balaban J connectivity index is 1.81. The number of likely N-dealkylation sites (N-methyl/N-ethyl adjacent to an activating group) is 1. The maximum absolute atomic E-state index is 5.76. The molecule has 0 spiro atoms. The van der Waals surface area contributed by atoms with Gasteiger partial charge in [-0.15, -0.1) is 0 Å². The molecule has 2 rings (SSSR count). The third kappa shape index (κ3) is 4.50. The van der Waals surface area contributed by atoms with Crippen molar-refractivity contribution in [1.29, 1.82) is 0 Å². The number of rotatable bonds is 7. The monoisotopic (exact) mass is 284 g/mol. The number of anilines is 1. The summed E-state index contributed by atoms with van der Waals surface area (Å²) in [5.41, 5.74) is 9.28. The zero-order valence-electron chi connectivity index (χ0n) is 12.9. The largest absolute Gasteiger partial charge is 0.492 e. The van der Waals surface area contributed by atoms with Gasteiger partial charge in [-0.3, -0.25) is 0 Å². The standard InChI is InChI=1S/C18H24N2O/c1-3-15-4-8-17(9-5-15)20(2)12-13-21-18-10-6-16(14-19)7-11-18/h4-11H,3,12-14,19H2,1-2H3. The highest BCUT2D eigenvalue weighted by Crippen LogP contribution is 2.15. The van der Waals surface area contributed by atoms with Gasteiger partial charge in [0.2, 0.25) is 0 Å². The molecule has 0 amide bonds. The highest BCUT2D eigenvalue weighted by Gasteiger charge is 2.01. The molecule has 2 aromatic rings. The Hall–Kier alpha value is -2.00. The first-order valence-electron chi connectivity index (χ1n) is 7.45. The first kappa shape index (κ1) is 15.4. The molecular formula is C18H24N2O. The molecule has 3 nitrogen and oxygen atoms in total. The highest BCUT2D eigenvalue weighted by atomic mass is 16.5. The van der Waals surface area contributed by atoms with Crippen LogP contribution in [0.1, 0.15) is 18.1 Å². The summed E-state index contributed by atoms with van der Waals surface area (Å²) in [6, 6.07) is 16.6. The molecule has 0 aliphatic heterocycles. The van der Waals surface area contributed by atoms with E-state index in [9.17, 15) is 0 Å². The zero-order valence-corrected chi connectivity index (χ0v) is 12.9. The van der Waals surface area contributed by atoms with E-state index >= 15 is 0 Å². The van der Waals surface area contributed by atoms with E-state index in [2.05, 4.69) is 43.1 Å². The van der Waals surface area contributed by atoms with Gasteiger partial charge in [0.15, 0.2) is 0 Å². The molecule has 0 fully saturated rings. The smallest absolute Gasteiger partial charge is 0.119 e. The summed E-state index contributed by atoms with van der Waals surface area (Å²) in [5, 5.41) is 0. The van der Waals surface area contributed by atoms with Crippen molar-refractivity contribution >= 4 is 5.69 Å². The van der Waals surface area contributed by atoms with Gasteiger partial charge in [0.05, 0.1) is 6.54 Å². The zero-order chi connectivity index (χ0) is 15.1. The Morgan fingerprint density at radius 2 is 1.57 bits per heavy atom. The van der Waals surface area contributed by atoms with Crippen molar-refractivity contribution < 1.29 is 4.74 Å². The fourth-order valence-electron chi connectivity index (χ4n) is 2.14. The third-order valence-electron chi connectivity index (χ3n) is 3.64. The molecule has 2 N–H and O–H groups in total. The topological polar surface area (TPSA) is 38.5 Å². The second-order valence-corrected chi connectivity index (χ2v) is 5.14. The lowest BCUT2D eigenvalue weighted by Crippen LogP contribution is -2.23. The summed E-state index contributed by atoms with van der Waals surface area (Å²) < 4.78 is 5.76. The number of hydrogen-bond acceptors (Lipinski definition) is 3. The number of nitrogens with two attached hydrogens (primary N) is 1. The van der Waals surface area contributed by atoms with Crippen molar-refractivity contribution in [2.45, 2.75) is 19.9 Å². The Morgan fingerprint density at radius 1 is 0.952 bits per heavy atom. The Morgan fingerprint density at radius 3 is 2.14 bits per heavy atom. The molecular weight excluding hydrogens is 260 g/mol. The predicted molar refractivity (Wildman–Crippen MR) is 88.9 cm³/mol. The summed E-state index contributed by atoms with van der Waals surface area (Å²) in [4.78, 5) is 2.20. The van der Waals surface area contributed by atoms with E-state index in [0.717, 1.165) is 24.3 Å². The van der Waals surface area contributed by atoms with Crippen molar-refractivity contribution in [2.24, 2.45) is 5.73 Å². The van der Waals surface area contributed by atoms with Crippen LogP contribution in [0.5, 0.6) is 5.75 Å². The summed E-state index contributed by atoms with van der Waals surface area (Å²) in [6.07, 6.45) is 1.08. The minimum Gasteiger partial charge on any atom is -0.492 e. The molecule has 0 saturated heterocycles. The van der Waals surface area contributed by atoms with Gasteiger partial charge in [0.1, 0.15) is 12.4 Å². The van der Waals surface area contributed by atoms with E-state index < -0.39 is 0 Å². The molecule has 0 bridgehead atoms. The number of ether oxygens (including phenoxy) is 1. The molecule has 0 radical (unpaired) electrons. The van der Waals surface area contributed by atoms with E-state index in [1.165, 1.54) is 11.3 Å². The van der Waals surface area contributed by atoms with Crippen LogP contribution in [0, 0.1) is 0 Å². The van der Waals surface area contributed by atoms with E-state index in [1.807, 2.05) is 24.3 Å². The molecule has 3 heteroatoms. The maximum Gasteiger partial charge on any atom is 0.119 e. The minimum atomic E-state index is 0.566. The first-order chi connectivity index (χ1) is 10.2. The van der Waals surface area contributed by atoms with Gasteiger partial charge < -0.3 is 15.4 Å². The second kappa shape index (κ2) is 7.70. The van der Waals surface area contributed by atoms with Crippen LogP contribution in [0.4, 0.5) is 5.69 Å². The average Bonchev–Trinajstić information content (AvgIpc) is 2.55. The molecule has 112 valence electrons. The molecule has 0 aliphatic rings. The van der Waals surface area contributed by atoms with Crippen LogP contribution in [0.3, 0.4) is 0 Å². The summed E-state index contributed by atoms with van der Waals surface area (Å²) in [5.74, 6) is 0.891. The lowest BCUT2D eigenvalue weighted by Gasteiger charge is -2.19. The number of aryl methyl sites for hydroxylation is 1. The molecule has 0 heterocycles. The molecule has 0 unspecified atom stereocenters. The van der Waals surface area contributed by atoms with Gasteiger partial charge in [-0.05, 0) is 41.8 Å². The normalized spacial score (nSPS) is 10.4. The first-order valence-corrected chi connectivity index (χ1v) is 7.45. The Bertz CT molecular complexity index is 534. The van der Waals surface area contributed by atoms with Crippen LogP contribution < -0.4 is 15.4 Å². The van der Waals surface area contributed by atoms with Gasteiger partial charge in [0.25, 0.3) is 0 Å². The van der Waals surface area contributed by atoms with E-state index in [0.29, 0.717) is 13.2 Å². The van der Waals surface area contributed by atoms with Crippen molar-refractivity contribution in [3.05, 3.63) is 59.7 Å². The van der Waals surface area contributed by atoms with E-state index in [-0.39, 0.29) is 0 Å². The van der Waals surface area contributed by atoms with Crippen molar-refractivity contribution in [2.75, 3.05) is 25.1 Å². The van der Waals surface area contributed by atoms with Gasteiger partial charge in [-0.1, -0.05) is 31.2 Å². The summed E-state index contributed by atoms with van der Waals surface area (Å²) >= 11 is 0. The lowest BCUT2D eigenvalue weighted by molar-refractivity contribution is 0.326. The Kier molecular flexibility index (Phi) is 5.64. The number of benzene rings is 2. The molecule has 0 saturated carbocycles. The second-order valence-electron chi connectivity index (χ2n) is 5.14. The quantitative estimate of drug-likeness (QED) is 0.848. The van der Waals surface area contributed by atoms with Gasteiger partial charge in [0, 0.05) is 19.3 Å². The summed E-state index contributed by atoms with van der Waals surface area (Å²) in [7, 11) is 2.09. The SMILES string of the molecule is CCc1ccc(N(C)CCOc2ccc(CN)cc2)cc1. The minimum absolute atomic E-state index is 0.566. The maximum atomic E-state index is 5.76. The van der Waals surface area contributed by atoms with E-state index in [1.54, 1.807) is 0 Å². The van der Waals surface area contributed by atoms with Crippen molar-refractivity contribution in [1.82, 2.24) is 0 Å². The fourth-order valence-corrected chi connectivity index (χ4v) is 2.14. The average molecular weight is 284 g/mol. The number of hydrogen-bond donors (Lipinski definition) is 1. The van der Waals surface area contributed by atoms with Crippen LogP contribution in [-0.4, -0.2) is 20.2 Å². The van der Waals surface area contributed by atoms with Crippen molar-refractivity contribution in [3.63, 3.8) is 0 Å². The van der Waals surface area contributed by atoms with Crippen LogP contribution in [0.25, 0.3) is 0 Å². The lowest BCUT2D eigenvalue weighted by atomic mass is 10.1. The van der Waals surface area contributed by atoms with Gasteiger partial charge in [-0.2, -0.15) is 0 Å². The third-order valence-corrected chi connectivity index (χ3v) is 3.64. The number of nitrogens with zero attached hydrogens (tertiary/aromatic N) is 1. The van der Waals surface area contributed by atoms with E-state index in [4.69, 9.17) is 10.5 Å². The van der Waals surface area contributed by atoms with Gasteiger partial charge >= 0.3 is 0 Å². The molecule has 0 aromatic heterocycles. The molecule has 21 heavy (non-hydrogen) atoms. The van der Waals surface area contributed by atoms with Crippen LogP contribution in [-0.2, 0) is 13.0 Å². The highest BCUT2D eigenvalue weighted by molar-refractivity contribution is 5.46. The Labute approximate surface area is 127 Å². The fraction of sp³-hybridized carbons (Fsp3) is 0.333. The van der Waals surface area contributed by atoms with Crippen LogP contribution in [0.2, 0.25) is 0 Å². The van der Waals surface area contributed by atoms with Crippen LogP contribution in [0.15, 0.2) is 48.5 Å². The molecule has 0 aliphatic carbocycles. The van der Waals surface area contributed by atoms with Crippen molar-refractivity contribution in [3.8, 4) is 5.75 Å². The predicted octanol–water partition coefficient (Wildman–Crippen LogP) is 3.22. The molecule has 2 aromatic carbocycles. The van der Waals surface area contributed by atoms with Gasteiger partial charge in [-0.25, -0.2) is 0 Å². The summed E-state index contributed by atoms with van der Waals surface area (Å²) in [6.45, 7) is 4.25.